The van der Waals surface area contributed by atoms with E-state index in [9.17, 15) is 0 Å². The minimum Gasteiger partial charge on any atom is -0.493 e. The Morgan fingerprint density at radius 1 is 1.26 bits per heavy atom. The van der Waals surface area contributed by atoms with E-state index in [-0.39, 0.29) is 6.04 Å². The van der Waals surface area contributed by atoms with Crippen molar-refractivity contribution in [2.75, 3.05) is 6.61 Å². The van der Waals surface area contributed by atoms with Crippen molar-refractivity contribution in [3.05, 3.63) is 82.0 Å². The summed E-state index contributed by atoms with van der Waals surface area (Å²) in [5, 5.41) is 3.44. The van der Waals surface area contributed by atoms with Gasteiger partial charge in [-0.25, -0.2) is 0 Å². The van der Waals surface area contributed by atoms with Gasteiger partial charge in [0.2, 0.25) is 0 Å². The lowest BCUT2D eigenvalue weighted by molar-refractivity contribution is 0.357. The molecule has 1 unspecified atom stereocenters. The first kappa shape index (κ1) is 15.9. The van der Waals surface area contributed by atoms with Crippen LogP contribution in [-0.4, -0.2) is 6.61 Å². The number of fused-ring (bicyclic) bond motifs is 1. The van der Waals surface area contributed by atoms with Crippen molar-refractivity contribution in [1.29, 1.82) is 0 Å². The quantitative estimate of drug-likeness (QED) is 0.725. The van der Waals surface area contributed by atoms with E-state index in [1.165, 1.54) is 11.1 Å². The number of nitrogens with one attached hydrogen (secondary N) is 1. The maximum absolute atomic E-state index is 5.56. The molecule has 0 saturated heterocycles. The summed E-state index contributed by atoms with van der Waals surface area (Å²) in [6, 6.07) is 14.8. The van der Waals surface area contributed by atoms with Gasteiger partial charge >= 0.3 is 0 Å². The van der Waals surface area contributed by atoms with E-state index < -0.39 is 0 Å². The van der Waals surface area contributed by atoms with E-state index in [4.69, 9.17) is 4.74 Å². The van der Waals surface area contributed by atoms with Crippen LogP contribution in [0, 0.1) is 0 Å². The molecule has 0 aromatic heterocycles. The summed E-state index contributed by atoms with van der Waals surface area (Å²) in [5.74, 6) is 1.02. The fourth-order valence-electron chi connectivity index (χ4n) is 2.66. The largest absolute Gasteiger partial charge is 0.493 e. The number of hydrogen-bond donors (Lipinski definition) is 1. The first-order chi connectivity index (χ1) is 11.1. The van der Waals surface area contributed by atoms with Crippen LogP contribution in [0.5, 0.6) is 5.75 Å². The van der Waals surface area contributed by atoms with Crippen LogP contribution in [-0.2, 0) is 6.42 Å². The highest BCUT2D eigenvalue weighted by Crippen LogP contribution is 2.28. The van der Waals surface area contributed by atoms with Gasteiger partial charge in [-0.15, -0.1) is 0 Å². The van der Waals surface area contributed by atoms with E-state index >= 15 is 0 Å². The molecule has 1 atom stereocenters. The van der Waals surface area contributed by atoms with Gasteiger partial charge in [-0.2, -0.15) is 0 Å². The molecule has 2 nitrogen and oxygen atoms in total. The summed E-state index contributed by atoms with van der Waals surface area (Å²) in [5.41, 5.74) is 4.61. The van der Waals surface area contributed by atoms with E-state index in [2.05, 4.69) is 71.2 Å². The van der Waals surface area contributed by atoms with Gasteiger partial charge in [0.1, 0.15) is 5.75 Å². The third kappa shape index (κ3) is 4.05. The topological polar surface area (TPSA) is 21.3 Å². The average Bonchev–Trinajstić information content (AvgIpc) is 3.02. The van der Waals surface area contributed by atoms with Crippen molar-refractivity contribution < 1.29 is 4.74 Å². The molecule has 2 aromatic rings. The molecule has 2 aromatic carbocycles. The first-order valence-electron chi connectivity index (χ1n) is 7.76. The molecule has 1 N–H and O–H groups in total. The summed E-state index contributed by atoms with van der Waals surface area (Å²) >= 11 is 3.44. The molecule has 3 heteroatoms. The Bertz CT molecular complexity index is 734. The lowest BCUT2D eigenvalue weighted by atomic mass is 10.0. The zero-order valence-corrected chi connectivity index (χ0v) is 14.8. The highest BCUT2D eigenvalue weighted by Gasteiger charge is 2.14. The van der Waals surface area contributed by atoms with Crippen molar-refractivity contribution in [3.63, 3.8) is 0 Å². The highest BCUT2D eigenvalue weighted by molar-refractivity contribution is 9.10. The van der Waals surface area contributed by atoms with Gasteiger partial charge in [0.15, 0.2) is 0 Å². The third-order valence-electron chi connectivity index (χ3n) is 3.96. The maximum atomic E-state index is 5.56. The van der Waals surface area contributed by atoms with Gasteiger partial charge in [-0.05, 0) is 54.0 Å². The van der Waals surface area contributed by atoms with Crippen LogP contribution >= 0.6 is 15.9 Å². The molecule has 1 heterocycles. The molecule has 0 saturated carbocycles. The Morgan fingerprint density at radius 3 is 2.83 bits per heavy atom. The van der Waals surface area contributed by atoms with Crippen LogP contribution in [0.3, 0.4) is 0 Å². The number of benzene rings is 2. The fraction of sp³-hybridized carbons (Fsp3) is 0.200. The molecule has 118 valence electrons. The predicted octanol–water partition coefficient (Wildman–Crippen LogP) is 5.26. The van der Waals surface area contributed by atoms with Gasteiger partial charge in [0, 0.05) is 22.6 Å². The summed E-state index contributed by atoms with van der Waals surface area (Å²) in [6.45, 7) is 7.04. The Morgan fingerprint density at radius 2 is 2.04 bits per heavy atom. The SMILES string of the molecule is C=C(/C=C/c1ccc(Br)cc1)NC(C)c1ccc2c(c1)CCO2. The minimum absolute atomic E-state index is 0.211. The predicted molar refractivity (Wildman–Crippen MR) is 99.5 cm³/mol. The van der Waals surface area contributed by atoms with Crippen LogP contribution in [0.4, 0.5) is 0 Å². The summed E-state index contributed by atoms with van der Waals surface area (Å²) < 4.78 is 6.64. The van der Waals surface area contributed by atoms with Crippen molar-refractivity contribution in [1.82, 2.24) is 5.32 Å². The number of rotatable bonds is 5. The van der Waals surface area contributed by atoms with Crippen LogP contribution < -0.4 is 10.1 Å². The summed E-state index contributed by atoms with van der Waals surface area (Å²) in [4.78, 5) is 0. The molecule has 0 fully saturated rings. The number of ether oxygens (including phenoxy) is 1. The third-order valence-corrected chi connectivity index (χ3v) is 4.49. The molecule has 0 radical (unpaired) electrons. The smallest absolute Gasteiger partial charge is 0.122 e. The molecular weight excluding hydrogens is 350 g/mol. The normalized spacial score (nSPS) is 14.3. The van der Waals surface area contributed by atoms with Gasteiger partial charge in [-0.1, -0.05) is 46.8 Å². The summed E-state index contributed by atoms with van der Waals surface area (Å²) in [6.07, 6.45) is 5.07. The molecule has 23 heavy (non-hydrogen) atoms. The van der Waals surface area contributed by atoms with Crippen LogP contribution in [0.2, 0.25) is 0 Å². The highest BCUT2D eigenvalue weighted by atomic mass is 79.9. The second kappa shape index (κ2) is 7.05. The van der Waals surface area contributed by atoms with E-state index in [0.29, 0.717) is 0 Å². The second-order valence-electron chi connectivity index (χ2n) is 5.74. The lowest BCUT2D eigenvalue weighted by Crippen LogP contribution is -2.16. The second-order valence-corrected chi connectivity index (χ2v) is 6.66. The number of allylic oxidation sites excluding steroid dienone is 1. The van der Waals surface area contributed by atoms with Crippen molar-refractivity contribution in [2.45, 2.75) is 19.4 Å². The molecule has 3 rings (SSSR count). The van der Waals surface area contributed by atoms with Crippen LogP contribution in [0.25, 0.3) is 6.08 Å². The van der Waals surface area contributed by atoms with Gasteiger partial charge in [0.25, 0.3) is 0 Å². The van der Waals surface area contributed by atoms with Gasteiger partial charge < -0.3 is 10.1 Å². The zero-order chi connectivity index (χ0) is 16.2. The van der Waals surface area contributed by atoms with Crippen LogP contribution in [0.15, 0.2) is 65.3 Å². The van der Waals surface area contributed by atoms with Gasteiger partial charge in [0.05, 0.1) is 6.61 Å². The Hall–Kier alpha value is -2.00. The molecule has 0 spiro atoms. The lowest BCUT2D eigenvalue weighted by Gasteiger charge is -2.16. The first-order valence-corrected chi connectivity index (χ1v) is 8.56. The number of hydrogen-bond acceptors (Lipinski definition) is 2. The molecule has 0 amide bonds. The fourth-order valence-corrected chi connectivity index (χ4v) is 2.92. The molecular formula is C20H20BrNO. The monoisotopic (exact) mass is 369 g/mol. The van der Waals surface area contributed by atoms with E-state index in [1.807, 2.05) is 18.2 Å². The molecule has 0 bridgehead atoms. The van der Waals surface area contributed by atoms with Gasteiger partial charge in [-0.3, -0.25) is 0 Å². The Labute approximate surface area is 146 Å². The van der Waals surface area contributed by atoms with Crippen LogP contribution in [0.1, 0.15) is 29.7 Å². The van der Waals surface area contributed by atoms with Crippen molar-refractivity contribution in [3.8, 4) is 5.75 Å². The minimum atomic E-state index is 0.211. The maximum Gasteiger partial charge on any atom is 0.122 e. The molecule has 1 aliphatic rings. The van der Waals surface area contributed by atoms with E-state index in [1.54, 1.807) is 0 Å². The summed E-state index contributed by atoms with van der Waals surface area (Å²) in [7, 11) is 0. The average molecular weight is 370 g/mol. The standard InChI is InChI=1S/C20H20BrNO/c1-14(3-4-16-5-8-19(21)9-6-16)22-15(2)17-7-10-20-18(13-17)11-12-23-20/h3-10,13,15,22H,1,11-12H2,2H3/b4-3+. The molecule has 0 aliphatic carbocycles. The van der Waals surface area contributed by atoms with Crippen molar-refractivity contribution >= 4 is 22.0 Å². The Balaban J connectivity index is 1.62. The molecule has 1 aliphatic heterocycles. The van der Waals surface area contributed by atoms with Crippen molar-refractivity contribution in [2.24, 2.45) is 0 Å². The zero-order valence-electron chi connectivity index (χ0n) is 13.2. The van der Waals surface area contributed by atoms with E-state index in [0.717, 1.165) is 34.5 Å². The number of halogens is 1. The Kier molecular flexibility index (Phi) is 4.87.